The van der Waals surface area contributed by atoms with Crippen molar-refractivity contribution in [3.63, 3.8) is 0 Å². The number of aryl methyl sites for hydroxylation is 1. The number of fused-ring (bicyclic) bond motifs is 1. The van der Waals surface area contributed by atoms with E-state index in [4.69, 9.17) is 4.74 Å². The highest BCUT2D eigenvalue weighted by atomic mass is 16.5. The molecule has 148 valence electrons. The minimum atomic E-state index is -0.631. The van der Waals surface area contributed by atoms with Crippen molar-refractivity contribution in [3.8, 4) is 5.75 Å². The van der Waals surface area contributed by atoms with Gasteiger partial charge in [-0.05, 0) is 37.5 Å². The maximum Gasteiger partial charge on any atom is 0.254 e. The van der Waals surface area contributed by atoms with Crippen molar-refractivity contribution in [2.45, 2.75) is 52.6 Å². The first-order valence-corrected chi connectivity index (χ1v) is 9.97. The van der Waals surface area contributed by atoms with Gasteiger partial charge in [-0.2, -0.15) is 0 Å². The van der Waals surface area contributed by atoms with Crippen LogP contribution in [0.25, 0.3) is 0 Å². The number of para-hydroxylation sites is 1. The Balaban J connectivity index is 1.95. The summed E-state index contributed by atoms with van der Waals surface area (Å²) in [6.45, 7) is 6.52. The molecule has 2 aromatic rings. The van der Waals surface area contributed by atoms with Gasteiger partial charge < -0.3 is 15.0 Å². The van der Waals surface area contributed by atoms with Crippen LogP contribution in [0.5, 0.6) is 5.75 Å². The molecule has 5 heteroatoms. The first kappa shape index (κ1) is 19.9. The van der Waals surface area contributed by atoms with Crippen LogP contribution < -0.4 is 15.0 Å². The summed E-state index contributed by atoms with van der Waals surface area (Å²) in [5.41, 5.74) is 3.88. The monoisotopic (exact) mass is 380 g/mol. The molecule has 1 aliphatic rings. The number of benzene rings is 2. The van der Waals surface area contributed by atoms with Gasteiger partial charge in [-0.3, -0.25) is 9.59 Å². The van der Waals surface area contributed by atoms with E-state index in [1.165, 1.54) is 12.5 Å². The van der Waals surface area contributed by atoms with E-state index in [1.807, 2.05) is 37.3 Å². The third-order valence-electron chi connectivity index (χ3n) is 4.97. The summed E-state index contributed by atoms with van der Waals surface area (Å²) < 4.78 is 5.72. The second kappa shape index (κ2) is 8.91. The number of ether oxygens (including phenoxy) is 1. The maximum atomic E-state index is 13.2. The number of hydrogen-bond donors (Lipinski definition) is 1. The van der Waals surface area contributed by atoms with Crippen molar-refractivity contribution in [1.29, 1.82) is 0 Å². The molecule has 0 radical (unpaired) electrons. The second-order valence-corrected chi connectivity index (χ2v) is 7.10. The summed E-state index contributed by atoms with van der Waals surface area (Å²) in [7, 11) is 0. The smallest absolute Gasteiger partial charge is 0.254 e. The van der Waals surface area contributed by atoms with Crippen molar-refractivity contribution in [2.24, 2.45) is 0 Å². The molecule has 0 fully saturated rings. The Labute approximate surface area is 166 Å². The molecular formula is C23H28N2O3. The number of anilines is 1. The summed E-state index contributed by atoms with van der Waals surface area (Å²) in [4.78, 5) is 26.6. The number of unbranched alkanes of at least 4 members (excludes halogenated alkanes) is 1. The van der Waals surface area contributed by atoms with E-state index in [0.29, 0.717) is 13.2 Å². The zero-order valence-corrected chi connectivity index (χ0v) is 16.8. The van der Waals surface area contributed by atoms with E-state index in [1.54, 1.807) is 4.90 Å². The van der Waals surface area contributed by atoms with Gasteiger partial charge in [-0.15, -0.1) is 0 Å². The van der Waals surface area contributed by atoms with Crippen LogP contribution in [0.4, 0.5) is 5.69 Å². The number of amides is 2. The molecule has 3 rings (SSSR count). The zero-order chi connectivity index (χ0) is 20.1. The maximum absolute atomic E-state index is 13.2. The van der Waals surface area contributed by atoms with Crippen LogP contribution in [0.2, 0.25) is 0 Å². The first-order chi connectivity index (χ1) is 13.5. The zero-order valence-electron chi connectivity index (χ0n) is 16.8. The van der Waals surface area contributed by atoms with Gasteiger partial charge >= 0.3 is 0 Å². The Bertz CT molecular complexity index is 863. The van der Waals surface area contributed by atoms with Crippen molar-refractivity contribution < 1.29 is 14.3 Å². The largest absolute Gasteiger partial charge is 0.494 e. The van der Waals surface area contributed by atoms with E-state index in [-0.39, 0.29) is 11.8 Å². The van der Waals surface area contributed by atoms with E-state index in [9.17, 15) is 9.59 Å². The summed E-state index contributed by atoms with van der Waals surface area (Å²) >= 11 is 0. The molecule has 2 aromatic carbocycles. The molecule has 1 unspecified atom stereocenters. The third-order valence-corrected chi connectivity index (χ3v) is 4.97. The molecule has 1 N–H and O–H groups in total. The van der Waals surface area contributed by atoms with E-state index >= 15 is 0 Å². The molecule has 5 nitrogen and oxygen atoms in total. The minimum absolute atomic E-state index is 0.107. The van der Waals surface area contributed by atoms with Gasteiger partial charge in [0.25, 0.3) is 5.91 Å². The van der Waals surface area contributed by atoms with Crippen LogP contribution in [0.1, 0.15) is 56.3 Å². The van der Waals surface area contributed by atoms with Crippen molar-refractivity contribution in [2.75, 3.05) is 11.5 Å². The number of hydrogen-bond acceptors (Lipinski definition) is 3. The molecule has 2 amide bonds. The molecule has 1 aliphatic heterocycles. The van der Waals surface area contributed by atoms with Crippen LogP contribution >= 0.6 is 0 Å². The lowest BCUT2D eigenvalue weighted by molar-refractivity contribution is -0.126. The summed E-state index contributed by atoms with van der Waals surface area (Å²) in [5.74, 6) is 0.464. The SMILES string of the molecule is CCCCc1ccc2c(c1)C(NC(C)=O)C(=O)N2Cc1ccccc1OCC. The number of nitrogens with one attached hydrogen (secondary N) is 1. The molecule has 0 aliphatic carbocycles. The highest BCUT2D eigenvalue weighted by Gasteiger charge is 2.38. The van der Waals surface area contributed by atoms with Crippen molar-refractivity contribution in [1.82, 2.24) is 5.32 Å². The Morgan fingerprint density at radius 3 is 2.68 bits per heavy atom. The molecule has 0 saturated carbocycles. The average molecular weight is 380 g/mol. The first-order valence-electron chi connectivity index (χ1n) is 9.97. The summed E-state index contributed by atoms with van der Waals surface area (Å²) in [5, 5.41) is 2.83. The van der Waals surface area contributed by atoms with Gasteiger partial charge in [-0.1, -0.05) is 43.7 Å². The molecule has 1 atom stereocenters. The Morgan fingerprint density at radius 1 is 1.18 bits per heavy atom. The van der Waals surface area contributed by atoms with Gasteiger partial charge in [0.05, 0.1) is 13.2 Å². The van der Waals surface area contributed by atoms with Crippen LogP contribution in [0, 0.1) is 0 Å². The van der Waals surface area contributed by atoms with Crippen LogP contribution in [-0.2, 0) is 22.6 Å². The van der Waals surface area contributed by atoms with Crippen molar-refractivity contribution in [3.05, 3.63) is 59.2 Å². The Hall–Kier alpha value is -2.82. The normalized spacial score (nSPS) is 15.5. The van der Waals surface area contributed by atoms with Crippen molar-refractivity contribution >= 4 is 17.5 Å². The van der Waals surface area contributed by atoms with E-state index < -0.39 is 6.04 Å². The number of nitrogens with zero attached hydrogens (tertiary/aromatic N) is 1. The lowest BCUT2D eigenvalue weighted by Crippen LogP contribution is -2.36. The van der Waals surface area contributed by atoms with Gasteiger partial charge in [0.2, 0.25) is 5.91 Å². The van der Waals surface area contributed by atoms with E-state index in [0.717, 1.165) is 41.8 Å². The minimum Gasteiger partial charge on any atom is -0.494 e. The Kier molecular flexibility index (Phi) is 6.34. The number of rotatable bonds is 8. The highest BCUT2D eigenvalue weighted by Crippen LogP contribution is 2.38. The van der Waals surface area contributed by atoms with Crippen LogP contribution in [-0.4, -0.2) is 18.4 Å². The lowest BCUT2D eigenvalue weighted by atomic mass is 10.0. The quantitative estimate of drug-likeness (QED) is 0.748. The topological polar surface area (TPSA) is 58.6 Å². The molecule has 0 spiro atoms. The molecule has 28 heavy (non-hydrogen) atoms. The van der Waals surface area contributed by atoms with Crippen LogP contribution in [0.15, 0.2) is 42.5 Å². The molecule has 0 aromatic heterocycles. The molecular weight excluding hydrogens is 352 g/mol. The van der Waals surface area contributed by atoms with Gasteiger partial charge in [0, 0.05) is 23.7 Å². The molecule has 1 heterocycles. The predicted molar refractivity (Wildman–Crippen MR) is 110 cm³/mol. The number of carbonyl (C=O) groups is 2. The summed E-state index contributed by atoms with van der Waals surface area (Å²) in [6.07, 6.45) is 3.19. The average Bonchev–Trinajstić information content (AvgIpc) is 2.93. The van der Waals surface area contributed by atoms with Gasteiger partial charge in [0.1, 0.15) is 11.8 Å². The summed E-state index contributed by atoms with van der Waals surface area (Å²) in [6, 6.07) is 13.3. The second-order valence-electron chi connectivity index (χ2n) is 7.10. The van der Waals surface area contributed by atoms with Gasteiger partial charge in [0.15, 0.2) is 0 Å². The number of carbonyl (C=O) groups excluding carboxylic acids is 2. The Morgan fingerprint density at radius 2 is 1.96 bits per heavy atom. The molecule has 0 saturated heterocycles. The standard InChI is InChI=1S/C23H28N2O3/c1-4-6-9-17-12-13-20-19(14-17)22(24-16(3)26)23(27)25(20)15-18-10-7-8-11-21(18)28-5-2/h7-8,10-14,22H,4-6,9,15H2,1-3H3,(H,24,26). The van der Waals surface area contributed by atoms with Gasteiger partial charge in [-0.25, -0.2) is 0 Å². The lowest BCUT2D eigenvalue weighted by Gasteiger charge is -2.20. The van der Waals surface area contributed by atoms with Crippen LogP contribution in [0.3, 0.4) is 0 Å². The highest BCUT2D eigenvalue weighted by molar-refractivity contribution is 6.06. The fourth-order valence-electron chi connectivity index (χ4n) is 3.63. The third kappa shape index (κ3) is 4.19. The molecule has 0 bridgehead atoms. The fraction of sp³-hybridized carbons (Fsp3) is 0.391. The predicted octanol–water partition coefficient (Wildman–Crippen LogP) is 4.15. The van der Waals surface area contributed by atoms with E-state index in [2.05, 4.69) is 24.4 Å². The fourth-order valence-corrected chi connectivity index (χ4v) is 3.63.